The van der Waals surface area contributed by atoms with Gasteiger partial charge in [-0.3, -0.25) is 11.3 Å². The topological polar surface area (TPSA) is 47.3 Å². The molecule has 3 N–H and O–H groups in total. The zero-order valence-electron chi connectivity index (χ0n) is 11.9. The van der Waals surface area contributed by atoms with Crippen molar-refractivity contribution in [2.75, 3.05) is 12.9 Å². The van der Waals surface area contributed by atoms with Crippen molar-refractivity contribution < 1.29 is 4.74 Å². The van der Waals surface area contributed by atoms with Crippen molar-refractivity contribution in [3.63, 3.8) is 0 Å². The third-order valence-corrected chi connectivity index (χ3v) is 4.10. The molecule has 0 heterocycles. The zero-order valence-corrected chi connectivity index (χ0v) is 12.7. The van der Waals surface area contributed by atoms with Crippen LogP contribution in [0.2, 0.25) is 0 Å². The van der Waals surface area contributed by atoms with Crippen molar-refractivity contribution in [2.45, 2.75) is 38.5 Å². The molecule has 1 unspecified atom stereocenters. The summed E-state index contributed by atoms with van der Waals surface area (Å²) < 4.78 is 5.47. The molecule has 0 saturated heterocycles. The van der Waals surface area contributed by atoms with Crippen LogP contribution in [0.3, 0.4) is 0 Å². The maximum atomic E-state index is 5.68. The molecule has 3 nitrogen and oxygen atoms in total. The Balaban J connectivity index is 2.82. The summed E-state index contributed by atoms with van der Waals surface area (Å²) in [4.78, 5) is 0. The van der Waals surface area contributed by atoms with Gasteiger partial charge in [-0.2, -0.15) is 11.8 Å². The van der Waals surface area contributed by atoms with Crippen molar-refractivity contribution in [3.05, 3.63) is 29.3 Å². The monoisotopic (exact) mass is 268 g/mol. The number of hydrogen-bond donors (Lipinski definition) is 2. The number of rotatable bonds is 5. The minimum Gasteiger partial charge on any atom is -0.497 e. The van der Waals surface area contributed by atoms with Gasteiger partial charge in [-0.1, -0.05) is 26.8 Å². The largest absolute Gasteiger partial charge is 0.497 e. The lowest BCUT2D eigenvalue weighted by molar-refractivity contribution is 0.414. The predicted molar refractivity (Wildman–Crippen MR) is 80.0 cm³/mol. The molecule has 1 rings (SSSR count). The molecule has 0 spiro atoms. The van der Waals surface area contributed by atoms with E-state index in [1.54, 1.807) is 7.11 Å². The highest BCUT2D eigenvalue weighted by atomic mass is 32.2. The maximum Gasteiger partial charge on any atom is 0.119 e. The molecule has 0 aliphatic carbocycles. The minimum atomic E-state index is 0.167. The molecule has 0 amide bonds. The number of thioether (sulfide) groups is 1. The molecule has 0 saturated carbocycles. The highest BCUT2D eigenvalue weighted by Gasteiger charge is 2.17. The van der Waals surface area contributed by atoms with Crippen LogP contribution < -0.4 is 16.0 Å². The van der Waals surface area contributed by atoms with E-state index in [1.165, 1.54) is 11.1 Å². The average molecular weight is 268 g/mol. The van der Waals surface area contributed by atoms with Gasteiger partial charge in [-0.25, -0.2) is 0 Å². The van der Waals surface area contributed by atoms with Crippen molar-refractivity contribution in [3.8, 4) is 5.75 Å². The Morgan fingerprint density at radius 1 is 1.39 bits per heavy atom. The number of aryl methyl sites for hydroxylation is 1. The van der Waals surface area contributed by atoms with Crippen molar-refractivity contribution >= 4 is 11.8 Å². The van der Waals surface area contributed by atoms with E-state index in [0.717, 1.165) is 11.5 Å². The highest BCUT2D eigenvalue weighted by molar-refractivity contribution is 8.00. The van der Waals surface area contributed by atoms with Gasteiger partial charge in [0.2, 0.25) is 0 Å². The van der Waals surface area contributed by atoms with Gasteiger partial charge in [0.1, 0.15) is 5.75 Å². The first-order valence-corrected chi connectivity index (χ1v) is 7.10. The summed E-state index contributed by atoms with van der Waals surface area (Å²) in [7, 11) is 1.68. The Labute approximate surface area is 114 Å². The molecule has 1 aromatic carbocycles. The summed E-state index contributed by atoms with van der Waals surface area (Å²) >= 11 is 1.91. The molecule has 0 aliphatic rings. The SMILES string of the molecule is COc1ccc(C(CSC(C)(C)C)NN)c(C)c1. The Morgan fingerprint density at radius 3 is 2.50 bits per heavy atom. The first-order valence-electron chi connectivity index (χ1n) is 6.12. The van der Waals surface area contributed by atoms with E-state index < -0.39 is 0 Å². The number of benzene rings is 1. The molecule has 1 aromatic rings. The lowest BCUT2D eigenvalue weighted by Gasteiger charge is -2.24. The highest BCUT2D eigenvalue weighted by Crippen LogP contribution is 2.30. The van der Waals surface area contributed by atoms with Crippen LogP contribution >= 0.6 is 11.8 Å². The second-order valence-electron chi connectivity index (χ2n) is 5.37. The first kappa shape index (κ1) is 15.3. The third kappa shape index (κ3) is 4.52. The number of nitrogens with one attached hydrogen (secondary N) is 1. The van der Waals surface area contributed by atoms with E-state index in [9.17, 15) is 0 Å². The predicted octanol–water partition coefficient (Wildman–Crippen LogP) is 3.04. The summed E-state index contributed by atoms with van der Waals surface area (Å²) in [5, 5.41) is 0. The summed E-state index contributed by atoms with van der Waals surface area (Å²) in [6, 6.07) is 6.28. The van der Waals surface area contributed by atoms with Gasteiger partial charge in [0, 0.05) is 10.5 Å². The van der Waals surface area contributed by atoms with E-state index in [2.05, 4.69) is 39.2 Å². The number of nitrogens with two attached hydrogens (primary N) is 1. The standard InChI is InChI=1S/C14H24N2OS/c1-10-8-11(17-5)6-7-12(10)13(16-15)9-18-14(2,3)4/h6-8,13,16H,9,15H2,1-5H3. The van der Waals surface area contributed by atoms with Gasteiger partial charge >= 0.3 is 0 Å². The van der Waals surface area contributed by atoms with Gasteiger partial charge < -0.3 is 4.74 Å². The number of methoxy groups -OCH3 is 1. The van der Waals surface area contributed by atoms with E-state index in [0.29, 0.717) is 0 Å². The van der Waals surface area contributed by atoms with Crippen LogP contribution in [0.4, 0.5) is 0 Å². The Hall–Kier alpha value is -0.710. The van der Waals surface area contributed by atoms with E-state index in [4.69, 9.17) is 10.6 Å². The van der Waals surface area contributed by atoms with Crippen LogP contribution in [0.15, 0.2) is 18.2 Å². The van der Waals surface area contributed by atoms with E-state index >= 15 is 0 Å². The summed E-state index contributed by atoms with van der Waals surface area (Å²) in [6.45, 7) is 8.73. The molecule has 18 heavy (non-hydrogen) atoms. The van der Waals surface area contributed by atoms with Crippen molar-refractivity contribution in [1.82, 2.24) is 5.43 Å². The van der Waals surface area contributed by atoms with Gasteiger partial charge in [0.25, 0.3) is 0 Å². The zero-order chi connectivity index (χ0) is 13.8. The molecule has 0 aromatic heterocycles. The smallest absolute Gasteiger partial charge is 0.119 e. The van der Waals surface area contributed by atoms with Crippen LogP contribution in [0.1, 0.15) is 37.9 Å². The van der Waals surface area contributed by atoms with Gasteiger partial charge in [0.15, 0.2) is 0 Å². The van der Waals surface area contributed by atoms with Gasteiger partial charge in [-0.05, 0) is 30.2 Å². The van der Waals surface area contributed by atoms with E-state index in [1.807, 2.05) is 23.9 Å². The second-order valence-corrected chi connectivity index (χ2v) is 7.21. The molecular weight excluding hydrogens is 244 g/mol. The number of ether oxygens (including phenoxy) is 1. The fraction of sp³-hybridized carbons (Fsp3) is 0.571. The van der Waals surface area contributed by atoms with Gasteiger partial charge in [-0.15, -0.1) is 0 Å². The molecule has 0 bridgehead atoms. The Kier molecular flexibility index (Phi) is 5.50. The lowest BCUT2D eigenvalue weighted by Crippen LogP contribution is -2.31. The van der Waals surface area contributed by atoms with Crippen molar-refractivity contribution in [2.24, 2.45) is 5.84 Å². The molecule has 102 valence electrons. The Bertz CT molecular complexity index is 388. The van der Waals surface area contributed by atoms with Crippen LogP contribution in [-0.2, 0) is 0 Å². The molecule has 0 aliphatic heterocycles. The lowest BCUT2D eigenvalue weighted by atomic mass is 10.0. The normalized spacial score (nSPS) is 13.4. The maximum absolute atomic E-state index is 5.68. The van der Waals surface area contributed by atoms with Crippen molar-refractivity contribution in [1.29, 1.82) is 0 Å². The molecular formula is C14H24N2OS. The van der Waals surface area contributed by atoms with Gasteiger partial charge in [0.05, 0.1) is 13.2 Å². The molecule has 1 atom stereocenters. The molecule has 4 heteroatoms. The first-order chi connectivity index (χ1) is 8.37. The van der Waals surface area contributed by atoms with E-state index in [-0.39, 0.29) is 10.8 Å². The van der Waals surface area contributed by atoms with Crippen LogP contribution in [0.5, 0.6) is 5.75 Å². The fourth-order valence-corrected chi connectivity index (χ4v) is 2.67. The average Bonchev–Trinajstić information content (AvgIpc) is 2.30. The third-order valence-electron chi connectivity index (χ3n) is 2.74. The molecule has 0 radical (unpaired) electrons. The quantitative estimate of drug-likeness (QED) is 0.636. The van der Waals surface area contributed by atoms with Crippen LogP contribution in [-0.4, -0.2) is 17.6 Å². The number of hydrazine groups is 1. The summed E-state index contributed by atoms with van der Waals surface area (Å²) in [5.74, 6) is 7.52. The Morgan fingerprint density at radius 2 is 2.06 bits per heavy atom. The second kappa shape index (κ2) is 6.45. The fourth-order valence-electron chi connectivity index (χ4n) is 1.73. The van der Waals surface area contributed by atoms with Crippen LogP contribution in [0, 0.1) is 6.92 Å². The summed E-state index contributed by atoms with van der Waals surface area (Å²) in [6.07, 6.45) is 0. The summed E-state index contributed by atoms with van der Waals surface area (Å²) in [5.41, 5.74) is 5.34. The number of hydrogen-bond acceptors (Lipinski definition) is 4. The minimum absolute atomic E-state index is 0.167. The van der Waals surface area contributed by atoms with Crippen LogP contribution in [0.25, 0.3) is 0 Å². The molecule has 0 fully saturated rings.